The largest absolute Gasteiger partial charge is 0.334 e. The van der Waals surface area contributed by atoms with Gasteiger partial charge in [0.2, 0.25) is 0 Å². The van der Waals surface area contributed by atoms with Crippen molar-refractivity contribution >= 4 is 51.0 Å². The Bertz CT molecular complexity index is 2430. The van der Waals surface area contributed by atoms with Crippen LogP contribution in [0.1, 0.15) is 60.8 Å². The van der Waals surface area contributed by atoms with Crippen LogP contribution in [0.2, 0.25) is 0 Å². The minimum absolute atomic E-state index is 0.0300. The molecule has 0 atom stereocenters. The van der Waals surface area contributed by atoms with Crippen molar-refractivity contribution in [3.8, 4) is 0 Å². The van der Waals surface area contributed by atoms with Crippen molar-refractivity contribution in [1.29, 1.82) is 0 Å². The summed E-state index contributed by atoms with van der Waals surface area (Å²) in [5.74, 6) is 2.87. The third-order valence-electron chi connectivity index (χ3n) is 11.8. The molecule has 1 amide bonds. The number of benzene rings is 2. The van der Waals surface area contributed by atoms with Crippen molar-refractivity contribution in [1.82, 2.24) is 39.3 Å². The van der Waals surface area contributed by atoms with Crippen LogP contribution in [0.5, 0.6) is 0 Å². The first-order chi connectivity index (χ1) is 26.6. The van der Waals surface area contributed by atoms with Crippen molar-refractivity contribution in [2.75, 3.05) is 50.1 Å². The highest BCUT2D eigenvalue weighted by Crippen LogP contribution is 2.44. The Morgan fingerprint density at radius 3 is 1.69 bits per heavy atom. The van der Waals surface area contributed by atoms with Gasteiger partial charge >= 0.3 is 11.4 Å². The molecular weight excluding hydrogens is 687 g/mol. The summed E-state index contributed by atoms with van der Waals surface area (Å²) in [5, 5.41) is 3.35. The van der Waals surface area contributed by atoms with E-state index in [9.17, 15) is 4.79 Å². The number of aryl methyl sites for hydroxylation is 4. The van der Waals surface area contributed by atoms with E-state index in [0.29, 0.717) is 24.9 Å². The van der Waals surface area contributed by atoms with Crippen LogP contribution in [0.3, 0.4) is 0 Å². The second-order valence-corrected chi connectivity index (χ2v) is 15.3. The van der Waals surface area contributed by atoms with Crippen molar-refractivity contribution in [2.45, 2.75) is 56.9 Å². The SMILES string of the molecule is CCc1cc(C2CNC2)ccc1N(C)c1cc2c(cn1)ncn2C.[C-]#[N+]C1(C(=O)N2CC(c3ccc(N(C)c4cc5c(cn4)ncn5C)c(CC)c3)C2)CC1. The van der Waals surface area contributed by atoms with E-state index < -0.39 is 5.54 Å². The fraction of sp³-hybridized carbons (Fsp3) is 0.395. The number of carbonyl (C=O) groups is 1. The van der Waals surface area contributed by atoms with Crippen molar-refractivity contribution in [3.63, 3.8) is 0 Å². The summed E-state index contributed by atoms with van der Waals surface area (Å²) in [4.78, 5) is 40.2. The number of amides is 1. The van der Waals surface area contributed by atoms with Crippen molar-refractivity contribution in [3.05, 3.63) is 107 Å². The molecule has 2 saturated heterocycles. The van der Waals surface area contributed by atoms with Crippen LogP contribution >= 0.6 is 0 Å². The number of pyridine rings is 2. The van der Waals surface area contributed by atoms with Gasteiger partial charge in [-0.05, 0) is 47.2 Å². The predicted octanol–water partition coefficient (Wildman–Crippen LogP) is 6.66. The summed E-state index contributed by atoms with van der Waals surface area (Å²) >= 11 is 0. The summed E-state index contributed by atoms with van der Waals surface area (Å²) in [6, 6.07) is 17.6. The second kappa shape index (κ2) is 14.5. The molecule has 12 nitrogen and oxygen atoms in total. The van der Waals surface area contributed by atoms with Gasteiger partial charge in [0, 0.05) is 103 Å². The van der Waals surface area contributed by atoms with Gasteiger partial charge in [-0.3, -0.25) is 9.64 Å². The number of hydrogen-bond acceptors (Lipinski definition) is 8. The van der Waals surface area contributed by atoms with E-state index in [4.69, 9.17) is 6.57 Å². The number of aromatic nitrogens is 6. The molecule has 9 rings (SSSR count). The van der Waals surface area contributed by atoms with Gasteiger partial charge in [-0.15, -0.1) is 0 Å². The van der Waals surface area contributed by atoms with Crippen molar-refractivity contribution in [2.24, 2.45) is 14.1 Å². The average Bonchev–Trinajstić information content (AvgIpc) is 3.78. The summed E-state index contributed by atoms with van der Waals surface area (Å²) in [5.41, 5.74) is 10.9. The van der Waals surface area contributed by atoms with E-state index in [1.165, 1.54) is 27.9 Å². The third kappa shape index (κ3) is 6.67. The Hall–Kier alpha value is -5.80. The quantitative estimate of drug-likeness (QED) is 0.165. The Kier molecular flexibility index (Phi) is 9.51. The topological polar surface area (TPSA) is 105 Å². The zero-order chi connectivity index (χ0) is 38.4. The normalized spacial score (nSPS) is 16.2. The molecule has 282 valence electrons. The zero-order valence-electron chi connectivity index (χ0n) is 32.6. The molecule has 3 aliphatic rings. The van der Waals surface area contributed by atoms with Gasteiger partial charge in [0.15, 0.2) is 0 Å². The lowest BCUT2D eigenvalue weighted by atomic mass is 9.88. The maximum atomic E-state index is 12.5. The van der Waals surface area contributed by atoms with E-state index >= 15 is 0 Å². The van der Waals surface area contributed by atoms with Crippen molar-refractivity contribution < 1.29 is 4.79 Å². The molecule has 0 unspecified atom stereocenters. The summed E-state index contributed by atoms with van der Waals surface area (Å²) in [6.07, 6.45) is 10.7. The predicted molar refractivity (Wildman–Crippen MR) is 218 cm³/mol. The number of anilines is 4. The van der Waals surface area contributed by atoms with Gasteiger partial charge in [-0.1, -0.05) is 38.1 Å². The van der Waals surface area contributed by atoms with E-state index in [-0.39, 0.29) is 5.91 Å². The Balaban J connectivity index is 0.000000160. The fourth-order valence-electron chi connectivity index (χ4n) is 7.76. The van der Waals surface area contributed by atoms with Crippen LogP contribution in [-0.4, -0.2) is 85.7 Å². The Morgan fingerprint density at radius 1 is 0.782 bits per heavy atom. The number of carbonyl (C=O) groups excluding carboxylic acids is 1. The molecular formula is C43H49N11O. The smallest absolute Gasteiger partial charge is 0.309 e. The minimum atomic E-state index is -0.728. The molecule has 2 aromatic carbocycles. The Labute approximate surface area is 322 Å². The summed E-state index contributed by atoms with van der Waals surface area (Å²) in [7, 11) is 8.13. The Morgan fingerprint density at radius 2 is 1.27 bits per heavy atom. The number of hydrogen-bond donors (Lipinski definition) is 1. The third-order valence-corrected chi connectivity index (χ3v) is 11.8. The van der Waals surface area contributed by atoms with E-state index in [0.717, 1.165) is 78.2 Å². The van der Waals surface area contributed by atoms with E-state index in [1.54, 1.807) is 6.33 Å². The van der Waals surface area contributed by atoms with Crippen LogP contribution < -0.4 is 15.1 Å². The van der Waals surface area contributed by atoms with Crippen LogP contribution in [0.15, 0.2) is 73.6 Å². The number of likely N-dealkylation sites (tertiary alicyclic amines) is 1. The second-order valence-electron chi connectivity index (χ2n) is 15.3. The molecule has 6 heterocycles. The van der Waals surface area contributed by atoms with Gasteiger partial charge in [0.25, 0.3) is 0 Å². The molecule has 12 heteroatoms. The molecule has 6 aromatic rings. The molecule has 0 bridgehead atoms. The minimum Gasteiger partial charge on any atom is -0.334 e. The van der Waals surface area contributed by atoms with Gasteiger partial charge in [0.1, 0.15) is 22.7 Å². The maximum Gasteiger partial charge on any atom is 0.309 e. The van der Waals surface area contributed by atoms with Gasteiger partial charge in [-0.2, -0.15) is 0 Å². The van der Waals surface area contributed by atoms with Gasteiger partial charge in [0.05, 0.1) is 36.1 Å². The van der Waals surface area contributed by atoms with Crippen LogP contribution in [0.25, 0.3) is 26.9 Å². The maximum absolute atomic E-state index is 12.5. The van der Waals surface area contributed by atoms with Crippen LogP contribution in [0, 0.1) is 6.57 Å². The van der Waals surface area contributed by atoms with E-state index in [1.807, 2.05) is 53.9 Å². The molecule has 1 N–H and O–H groups in total. The lowest BCUT2D eigenvalue weighted by molar-refractivity contribution is -0.137. The number of fused-ring (bicyclic) bond motifs is 2. The monoisotopic (exact) mass is 735 g/mol. The molecule has 55 heavy (non-hydrogen) atoms. The highest BCUT2D eigenvalue weighted by atomic mass is 16.2. The molecule has 1 saturated carbocycles. The highest BCUT2D eigenvalue weighted by molar-refractivity contribution is 5.92. The summed E-state index contributed by atoms with van der Waals surface area (Å²) in [6.45, 7) is 15.3. The molecule has 4 aromatic heterocycles. The molecule has 0 radical (unpaired) electrons. The number of imidazole rings is 2. The first kappa shape index (κ1) is 36.2. The summed E-state index contributed by atoms with van der Waals surface area (Å²) < 4.78 is 4.03. The zero-order valence-corrected chi connectivity index (χ0v) is 32.6. The molecule has 2 aliphatic heterocycles. The standard InChI is InChI=1S/C24H26N6O.C19H23N5/c1-5-16-10-17(18-13-30(14-18)23(31)24(25-2)8-9-24)6-7-20(16)29(4)22-11-21-19(12-26-22)27-15-28(21)3;1-4-13-7-14(15-9-20-10-15)5-6-17(13)24(3)19-8-18-16(11-21-19)22-12-23(18)2/h6-7,10-12,15,18H,5,8-9,13-14H2,1,3-4H3;5-8,11-12,15,20H,4,9-10H2,1-3H3. The lowest BCUT2D eigenvalue weighted by Crippen LogP contribution is -2.52. The highest BCUT2D eigenvalue weighted by Gasteiger charge is 2.61. The van der Waals surface area contributed by atoms with Crippen LogP contribution in [-0.2, 0) is 31.7 Å². The number of rotatable bonds is 9. The van der Waals surface area contributed by atoms with Gasteiger partial charge < -0.3 is 29.2 Å². The number of nitrogens with zero attached hydrogens (tertiary/aromatic N) is 10. The first-order valence-electron chi connectivity index (χ1n) is 19.3. The molecule has 1 aliphatic carbocycles. The number of nitrogens with one attached hydrogen (secondary N) is 1. The molecule has 3 fully saturated rings. The molecule has 0 spiro atoms. The average molecular weight is 736 g/mol. The van der Waals surface area contributed by atoms with Gasteiger partial charge in [-0.25, -0.2) is 26.5 Å². The lowest BCUT2D eigenvalue weighted by Gasteiger charge is -2.40. The van der Waals surface area contributed by atoms with Crippen LogP contribution in [0.4, 0.5) is 23.0 Å². The fourth-order valence-corrected chi connectivity index (χ4v) is 7.76. The first-order valence-corrected chi connectivity index (χ1v) is 19.3. The van der Waals surface area contributed by atoms with E-state index in [2.05, 4.69) is 109 Å².